The first-order chi connectivity index (χ1) is 15.8. The monoisotopic (exact) mass is 450 g/mol. The Morgan fingerprint density at radius 1 is 0.818 bits per heavy atom. The number of carbonyl (C=O) groups excluding carboxylic acids is 2. The number of amides is 2. The van der Waals surface area contributed by atoms with Crippen molar-refractivity contribution in [1.82, 2.24) is 4.90 Å². The number of hydrogen-bond donors (Lipinski definition) is 0. The number of nitrogens with zero attached hydrogens (tertiary/aromatic N) is 2. The third-order valence-corrected chi connectivity index (χ3v) is 5.46. The van der Waals surface area contributed by atoms with Crippen LogP contribution in [0.25, 0.3) is 5.57 Å². The van der Waals surface area contributed by atoms with Crippen LogP contribution in [0, 0.1) is 0 Å². The zero-order chi connectivity index (χ0) is 23.6. The summed E-state index contributed by atoms with van der Waals surface area (Å²) >= 11 is 0. The van der Waals surface area contributed by atoms with Gasteiger partial charge in [-0.05, 0) is 42.3 Å². The molecule has 0 unspecified atom stereocenters. The number of carbonyl (C=O) groups is 2. The molecule has 0 saturated carbocycles. The van der Waals surface area contributed by atoms with Crippen molar-refractivity contribution in [2.45, 2.75) is 19.6 Å². The zero-order valence-corrected chi connectivity index (χ0v) is 17.8. The van der Waals surface area contributed by atoms with Gasteiger partial charge in [0.2, 0.25) is 0 Å². The molecule has 33 heavy (non-hydrogen) atoms. The Labute approximate surface area is 189 Å². The second-order valence-corrected chi connectivity index (χ2v) is 7.56. The molecule has 0 fully saturated rings. The lowest BCUT2D eigenvalue weighted by Crippen LogP contribution is -2.35. The molecule has 4 nitrogen and oxygen atoms in total. The van der Waals surface area contributed by atoms with Gasteiger partial charge in [0.05, 0.1) is 17.7 Å². The molecule has 1 aliphatic heterocycles. The molecule has 7 heteroatoms. The molecule has 3 aromatic rings. The van der Waals surface area contributed by atoms with E-state index in [0.29, 0.717) is 12.1 Å². The minimum absolute atomic E-state index is 0.215. The van der Waals surface area contributed by atoms with Crippen LogP contribution in [-0.4, -0.2) is 23.3 Å². The summed E-state index contributed by atoms with van der Waals surface area (Å²) in [5, 5.41) is 0. The lowest BCUT2D eigenvalue weighted by Gasteiger charge is -2.25. The molecular weight excluding hydrogens is 429 g/mol. The number of rotatable bonds is 6. The predicted molar refractivity (Wildman–Crippen MR) is 120 cm³/mol. The number of para-hydroxylation sites is 1. The van der Waals surface area contributed by atoms with E-state index in [0.717, 1.165) is 22.7 Å². The van der Waals surface area contributed by atoms with Gasteiger partial charge >= 0.3 is 6.18 Å². The lowest BCUT2D eigenvalue weighted by atomic mass is 10.0. The van der Waals surface area contributed by atoms with Crippen LogP contribution < -0.4 is 4.90 Å². The largest absolute Gasteiger partial charge is 0.416 e. The molecule has 1 heterocycles. The Balaban J connectivity index is 1.77. The predicted octanol–water partition coefficient (Wildman–Crippen LogP) is 5.51. The fraction of sp³-hybridized carbons (Fsp3) is 0.154. The topological polar surface area (TPSA) is 40.6 Å². The summed E-state index contributed by atoms with van der Waals surface area (Å²) < 4.78 is 39.5. The Bertz CT molecular complexity index is 1200. The van der Waals surface area contributed by atoms with Crippen molar-refractivity contribution in [2.24, 2.45) is 0 Å². The summed E-state index contributed by atoms with van der Waals surface area (Å²) in [4.78, 5) is 29.8. The van der Waals surface area contributed by atoms with Crippen LogP contribution in [-0.2, 0) is 22.3 Å². The van der Waals surface area contributed by atoms with Gasteiger partial charge in [-0.3, -0.25) is 14.5 Å². The summed E-state index contributed by atoms with van der Waals surface area (Å²) in [7, 11) is 0. The molecule has 0 spiro atoms. The van der Waals surface area contributed by atoms with E-state index in [1.54, 1.807) is 35.2 Å². The second kappa shape index (κ2) is 8.94. The zero-order valence-electron chi connectivity index (χ0n) is 17.8. The second-order valence-electron chi connectivity index (χ2n) is 7.56. The summed E-state index contributed by atoms with van der Waals surface area (Å²) in [6.07, 6.45) is -4.51. The van der Waals surface area contributed by atoms with Crippen LogP contribution in [0.2, 0.25) is 0 Å². The van der Waals surface area contributed by atoms with Crippen molar-refractivity contribution in [1.29, 1.82) is 0 Å². The van der Waals surface area contributed by atoms with Crippen LogP contribution in [0.3, 0.4) is 0 Å². The van der Waals surface area contributed by atoms with Crippen LogP contribution in [0.15, 0.2) is 90.6 Å². The maximum Gasteiger partial charge on any atom is 0.416 e. The number of anilines is 1. The van der Waals surface area contributed by atoms with Crippen LogP contribution >= 0.6 is 0 Å². The van der Waals surface area contributed by atoms with E-state index < -0.39 is 23.6 Å². The molecule has 3 aromatic carbocycles. The average molecular weight is 450 g/mol. The third kappa shape index (κ3) is 4.39. The Morgan fingerprint density at radius 3 is 2.06 bits per heavy atom. The molecule has 0 aliphatic carbocycles. The number of alkyl halides is 3. The number of halogens is 3. The number of likely N-dealkylation sites (N-methyl/N-ethyl adjacent to an activating group) is 1. The number of imide groups is 1. The van der Waals surface area contributed by atoms with Crippen LogP contribution in [0.5, 0.6) is 0 Å². The molecule has 168 valence electrons. The van der Waals surface area contributed by atoms with Crippen molar-refractivity contribution < 1.29 is 22.8 Å². The number of hydrogen-bond acceptors (Lipinski definition) is 3. The average Bonchev–Trinajstić information content (AvgIpc) is 3.05. The van der Waals surface area contributed by atoms with Gasteiger partial charge in [0.25, 0.3) is 11.8 Å². The van der Waals surface area contributed by atoms with Gasteiger partial charge in [0.15, 0.2) is 0 Å². The first-order valence-corrected chi connectivity index (χ1v) is 10.5. The molecule has 0 saturated heterocycles. The van der Waals surface area contributed by atoms with E-state index in [2.05, 4.69) is 0 Å². The summed E-state index contributed by atoms with van der Waals surface area (Å²) in [6, 6.07) is 22.7. The highest BCUT2D eigenvalue weighted by atomic mass is 19.4. The Morgan fingerprint density at radius 2 is 1.45 bits per heavy atom. The van der Waals surface area contributed by atoms with Gasteiger partial charge in [-0.25, -0.2) is 0 Å². The SMILES string of the molecule is CCN(C1=C(c2ccccc2)C(=O)N(Cc2cccc(C(F)(F)F)c2)C1=O)c1ccccc1. The first-order valence-electron chi connectivity index (χ1n) is 10.5. The first kappa shape index (κ1) is 22.3. The molecule has 0 N–H and O–H groups in total. The highest BCUT2D eigenvalue weighted by Gasteiger charge is 2.42. The molecule has 0 atom stereocenters. The minimum atomic E-state index is -4.51. The fourth-order valence-electron chi connectivity index (χ4n) is 3.93. The van der Waals surface area contributed by atoms with E-state index in [9.17, 15) is 22.8 Å². The summed E-state index contributed by atoms with van der Waals surface area (Å²) in [6.45, 7) is 2.04. The van der Waals surface area contributed by atoms with Crippen LogP contribution in [0.1, 0.15) is 23.6 Å². The van der Waals surface area contributed by atoms with Crippen molar-refractivity contribution in [3.63, 3.8) is 0 Å². The van der Waals surface area contributed by atoms with Gasteiger partial charge in [-0.15, -0.1) is 0 Å². The Hall–Kier alpha value is -3.87. The van der Waals surface area contributed by atoms with Crippen molar-refractivity contribution in [2.75, 3.05) is 11.4 Å². The number of benzene rings is 3. The smallest absolute Gasteiger partial charge is 0.337 e. The minimum Gasteiger partial charge on any atom is -0.337 e. The van der Waals surface area contributed by atoms with Gasteiger partial charge in [0, 0.05) is 12.2 Å². The quantitative estimate of drug-likeness (QED) is 0.465. The molecule has 2 amide bonds. The normalized spacial score (nSPS) is 14.2. The third-order valence-electron chi connectivity index (χ3n) is 5.46. The van der Waals surface area contributed by atoms with E-state index in [1.165, 1.54) is 12.1 Å². The van der Waals surface area contributed by atoms with E-state index >= 15 is 0 Å². The molecule has 4 rings (SSSR count). The maximum atomic E-state index is 13.5. The van der Waals surface area contributed by atoms with Crippen LogP contribution in [0.4, 0.5) is 18.9 Å². The van der Waals surface area contributed by atoms with Crippen molar-refractivity contribution in [3.8, 4) is 0 Å². The highest BCUT2D eigenvalue weighted by molar-refractivity contribution is 6.36. The molecular formula is C26H21F3N2O2. The standard InChI is InChI=1S/C26H21F3N2O2/c1-2-30(21-14-7-4-8-15-21)23-22(19-11-5-3-6-12-19)24(32)31(25(23)33)17-18-10-9-13-20(16-18)26(27,28)29/h3-16H,2,17H2,1H3. The molecule has 0 aromatic heterocycles. The fourth-order valence-corrected chi connectivity index (χ4v) is 3.93. The van der Waals surface area contributed by atoms with Crippen molar-refractivity contribution in [3.05, 3.63) is 107 Å². The van der Waals surface area contributed by atoms with Gasteiger partial charge in [-0.2, -0.15) is 13.2 Å². The molecule has 1 aliphatic rings. The molecule has 0 radical (unpaired) electrons. The van der Waals surface area contributed by atoms with E-state index in [4.69, 9.17) is 0 Å². The van der Waals surface area contributed by atoms with Crippen molar-refractivity contribution >= 4 is 23.1 Å². The van der Waals surface area contributed by atoms with E-state index in [-0.39, 0.29) is 23.4 Å². The summed E-state index contributed by atoms with van der Waals surface area (Å²) in [5.74, 6) is -1.07. The Kier molecular flexibility index (Phi) is 6.05. The molecule has 0 bridgehead atoms. The van der Waals surface area contributed by atoms with Gasteiger partial charge in [-0.1, -0.05) is 60.7 Å². The van der Waals surface area contributed by atoms with E-state index in [1.807, 2.05) is 37.3 Å². The lowest BCUT2D eigenvalue weighted by molar-refractivity contribution is -0.137. The van der Waals surface area contributed by atoms with Gasteiger partial charge < -0.3 is 4.90 Å². The maximum absolute atomic E-state index is 13.5. The summed E-state index contributed by atoms with van der Waals surface area (Å²) in [5.41, 5.74) is 1.17. The highest BCUT2D eigenvalue weighted by Crippen LogP contribution is 2.35. The van der Waals surface area contributed by atoms with Gasteiger partial charge in [0.1, 0.15) is 5.70 Å².